The Morgan fingerprint density at radius 2 is 1.54 bits per heavy atom. The van der Waals surface area contributed by atoms with Crippen LogP contribution in [0.4, 0.5) is 0 Å². The zero-order valence-corrected chi connectivity index (χ0v) is 16.9. The van der Waals surface area contributed by atoms with Gasteiger partial charge in [0.25, 0.3) is 0 Å². The maximum absolute atomic E-state index is 13.2. The quantitative estimate of drug-likeness (QED) is 0.438. The topological polar surface area (TPSA) is 48.0 Å². The number of rotatable bonds is 9. The van der Waals surface area contributed by atoms with Crippen molar-refractivity contribution in [1.29, 1.82) is 0 Å². The maximum Gasteiger partial charge on any atom is 0.349 e. The molecule has 0 heterocycles. The minimum Gasteiger partial charge on any atom is -0.308 e. The first-order valence-electron chi connectivity index (χ1n) is 8.55. The Kier molecular flexibility index (Phi) is 8.10. The minimum atomic E-state index is -3.31. The van der Waals surface area contributed by atoms with Crippen molar-refractivity contribution in [1.82, 2.24) is 5.06 Å². The average Bonchev–Trinajstić information content (AvgIpc) is 2.52. The second kappa shape index (κ2) is 9.12. The van der Waals surface area contributed by atoms with Gasteiger partial charge in [0.15, 0.2) is 0 Å². The Bertz CT molecular complexity index is 520. The van der Waals surface area contributed by atoms with Crippen molar-refractivity contribution in [3.05, 3.63) is 35.9 Å². The largest absolute Gasteiger partial charge is 0.349 e. The molecule has 0 spiro atoms. The van der Waals surface area contributed by atoms with Crippen LogP contribution in [0.25, 0.3) is 0 Å². The molecule has 1 rings (SSSR count). The summed E-state index contributed by atoms with van der Waals surface area (Å²) in [5, 5.41) is 1.75. The highest BCUT2D eigenvalue weighted by molar-refractivity contribution is 7.54. The van der Waals surface area contributed by atoms with Gasteiger partial charge in [-0.25, -0.2) is 0 Å². The molecule has 2 unspecified atom stereocenters. The van der Waals surface area contributed by atoms with E-state index in [1.807, 2.05) is 78.8 Å². The average molecular weight is 357 g/mol. The fraction of sp³-hybridized carbons (Fsp3) is 0.667. The molecule has 0 aromatic heterocycles. The third-order valence-corrected chi connectivity index (χ3v) is 5.98. The van der Waals surface area contributed by atoms with Gasteiger partial charge in [0, 0.05) is 5.54 Å². The first-order valence-corrected chi connectivity index (χ1v) is 10.2. The lowest BCUT2D eigenvalue weighted by Crippen LogP contribution is -2.47. The molecule has 1 aromatic carbocycles. The summed E-state index contributed by atoms with van der Waals surface area (Å²) in [4.78, 5) is 6.20. The van der Waals surface area contributed by atoms with Gasteiger partial charge >= 0.3 is 7.60 Å². The summed E-state index contributed by atoms with van der Waals surface area (Å²) in [6.45, 7) is 14.1. The molecule has 0 aliphatic carbocycles. The van der Waals surface area contributed by atoms with E-state index in [2.05, 4.69) is 0 Å². The van der Waals surface area contributed by atoms with Gasteiger partial charge < -0.3 is 9.05 Å². The number of hydroxylamine groups is 2. The van der Waals surface area contributed by atoms with Gasteiger partial charge in [0.2, 0.25) is 0 Å². The highest BCUT2D eigenvalue weighted by Gasteiger charge is 2.42. The smallest absolute Gasteiger partial charge is 0.308 e. The van der Waals surface area contributed by atoms with Crippen LogP contribution in [0.2, 0.25) is 0 Å². The predicted octanol–water partition coefficient (Wildman–Crippen LogP) is 5.39. The molecule has 0 radical (unpaired) electrons. The lowest BCUT2D eigenvalue weighted by molar-refractivity contribution is -0.249. The molecule has 0 N–H and O–H groups in total. The SMILES string of the molecule is CCOP(=O)(OCC)C(C)N(OC(C)c1ccccc1)C(C)(C)C. The summed E-state index contributed by atoms with van der Waals surface area (Å²) in [5.74, 6) is -0.524. The van der Waals surface area contributed by atoms with Crippen molar-refractivity contribution in [2.75, 3.05) is 13.2 Å². The van der Waals surface area contributed by atoms with Crippen molar-refractivity contribution in [2.24, 2.45) is 0 Å². The predicted molar refractivity (Wildman–Crippen MR) is 97.9 cm³/mol. The standard InChI is InChI=1S/C18H32NO4P/c1-8-21-24(20,22-9-2)16(4)19(18(5,6)7)23-15(3)17-13-11-10-12-14-17/h10-16H,8-9H2,1-7H3. The van der Waals surface area contributed by atoms with Gasteiger partial charge in [-0.15, -0.1) is 0 Å². The number of hydrogen-bond acceptors (Lipinski definition) is 5. The molecule has 0 saturated carbocycles. The second-order valence-electron chi connectivity index (χ2n) is 6.66. The van der Waals surface area contributed by atoms with Crippen LogP contribution in [-0.2, 0) is 18.5 Å². The molecule has 0 fully saturated rings. The van der Waals surface area contributed by atoms with Crippen LogP contribution in [0.1, 0.15) is 60.1 Å². The fourth-order valence-electron chi connectivity index (χ4n) is 2.50. The zero-order chi connectivity index (χ0) is 18.4. The molecule has 24 heavy (non-hydrogen) atoms. The van der Waals surface area contributed by atoms with Crippen LogP contribution < -0.4 is 0 Å². The van der Waals surface area contributed by atoms with Gasteiger partial charge in [-0.1, -0.05) is 30.3 Å². The second-order valence-corrected chi connectivity index (χ2v) is 9.01. The molecule has 6 heteroatoms. The van der Waals surface area contributed by atoms with E-state index in [0.29, 0.717) is 13.2 Å². The lowest BCUT2D eigenvalue weighted by Gasteiger charge is -2.42. The molecule has 138 valence electrons. The van der Waals surface area contributed by atoms with E-state index in [-0.39, 0.29) is 11.6 Å². The van der Waals surface area contributed by atoms with Crippen molar-refractivity contribution in [3.63, 3.8) is 0 Å². The van der Waals surface area contributed by atoms with E-state index < -0.39 is 13.4 Å². The monoisotopic (exact) mass is 357 g/mol. The van der Waals surface area contributed by atoms with Gasteiger partial charge in [-0.2, -0.15) is 5.06 Å². The van der Waals surface area contributed by atoms with Gasteiger partial charge in [-0.05, 0) is 54.0 Å². The van der Waals surface area contributed by atoms with Crippen LogP contribution in [0, 0.1) is 0 Å². The van der Waals surface area contributed by atoms with E-state index in [9.17, 15) is 4.57 Å². The zero-order valence-electron chi connectivity index (χ0n) is 16.0. The number of benzene rings is 1. The van der Waals surface area contributed by atoms with E-state index in [1.54, 1.807) is 5.06 Å². The van der Waals surface area contributed by atoms with Crippen LogP contribution in [0.5, 0.6) is 0 Å². The third kappa shape index (κ3) is 5.68. The number of nitrogens with zero attached hydrogens (tertiary/aromatic N) is 1. The van der Waals surface area contributed by atoms with Crippen molar-refractivity contribution in [3.8, 4) is 0 Å². The summed E-state index contributed by atoms with van der Waals surface area (Å²) in [5.41, 5.74) is 0.688. The summed E-state index contributed by atoms with van der Waals surface area (Å²) in [6, 6.07) is 9.96. The molecule has 0 amide bonds. The maximum atomic E-state index is 13.2. The Labute approximate surface area is 146 Å². The van der Waals surface area contributed by atoms with E-state index in [0.717, 1.165) is 5.56 Å². The van der Waals surface area contributed by atoms with Crippen LogP contribution in [0.3, 0.4) is 0 Å². The molecule has 0 saturated heterocycles. The van der Waals surface area contributed by atoms with Crippen LogP contribution >= 0.6 is 7.60 Å². The summed E-state index contributed by atoms with van der Waals surface area (Å²) in [7, 11) is -3.31. The van der Waals surface area contributed by atoms with Crippen molar-refractivity contribution < 1.29 is 18.5 Å². The van der Waals surface area contributed by atoms with Gasteiger partial charge in [-0.3, -0.25) is 9.40 Å². The molecule has 5 nitrogen and oxygen atoms in total. The minimum absolute atomic E-state index is 0.176. The van der Waals surface area contributed by atoms with Crippen molar-refractivity contribution in [2.45, 2.75) is 65.9 Å². The Morgan fingerprint density at radius 3 is 1.96 bits per heavy atom. The van der Waals surface area contributed by atoms with E-state index in [1.165, 1.54) is 0 Å². The normalized spacial score (nSPS) is 15.5. The van der Waals surface area contributed by atoms with Crippen LogP contribution in [-0.4, -0.2) is 29.6 Å². The molecule has 0 bridgehead atoms. The Hall–Kier alpha value is -0.710. The molecule has 2 atom stereocenters. The third-order valence-electron chi connectivity index (χ3n) is 3.62. The van der Waals surface area contributed by atoms with Gasteiger partial charge in [0.05, 0.1) is 13.2 Å². The highest BCUT2D eigenvalue weighted by Crippen LogP contribution is 2.55. The van der Waals surface area contributed by atoms with E-state index >= 15 is 0 Å². The number of hydrogen-bond donors (Lipinski definition) is 0. The molecule has 1 aromatic rings. The first kappa shape index (κ1) is 21.3. The summed E-state index contributed by atoms with van der Waals surface area (Å²) >= 11 is 0. The van der Waals surface area contributed by atoms with E-state index in [4.69, 9.17) is 13.9 Å². The van der Waals surface area contributed by atoms with Crippen molar-refractivity contribution >= 4 is 7.60 Å². The molecular formula is C18H32NO4P. The highest BCUT2D eigenvalue weighted by atomic mass is 31.2. The Balaban J connectivity index is 3.06. The summed E-state index contributed by atoms with van der Waals surface area (Å²) < 4.78 is 24.2. The molecular weight excluding hydrogens is 325 g/mol. The summed E-state index contributed by atoms with van der Waals surface area (Å²) in [6.07, 6.45) is -0.176. The molecule has 0 aliphatic rings. The fourth-order valence-corrected chi connectivity index (χ4v) is 4.39. The first-order chi connectivity index (χ1) is 11.2. The van der Waals surface area contributed by atoms with Gasteiger partial charge in [0.1, 0.15) is 11.9 Å². The molecule has 0 aliphatic heterocycles. The Morgan fingerprint density at radius 1 is 1.04 bits per heavy atom. The van der Waals surface area contributed by atoms with Crippen LogP contribution in [0.15, 0.2) is 30.3 Å². The lowest BCUT2D eigenvalue weighted by atomic mass is 10.1.